The zero-order valence-corrected chi connectivity index (χ0v) is 14.6. The summed E-state index contributed by atoms with van der Waals surface area (Å²) in [4.78, 5) is 9.21. The Labute approximate surface area is 146 Å². The van der Waals surface area contributed by atoms with E-state index in [1.54, 1.807) is 6.07 Å². The molecule has 0 aliphatic carbocycles. The van der Waals surface area contributed by atoms with Crippen molar-refractivity contribution in [1.29, 1.82) is 0 Å². The number of hydrogen-bond acceptors (Lipinski definition) is 5. The number of thiocarbonyl (C=S) groups is 1. The Morgan fingerprint density at radius 3 is 2.83 bits per heavy atom. The van der Waals surface area contributed by atoms with E-state index in [0.29, 0.717) is 34.7 Å². The van der Waals surface area contributed by atoms with Gasteiger partial charge >= 0.3 is 0 Å². The van der Waals surface area contributed by atoms with Crippen LogP contribution in [0.3, 0.4) is 0 Å². The molecular weight excluding hydrogens is 332 g/mol. The molecule has 0 aliphatic heterocycles. The van der Waals surface area contributed by atoms with Crippen LogP contribution in [0.5, 0.6) is 0 Å². The van der Waals surface area contributed by atoms with Gasteiger partial charge in [0.25, 0.3) is 0 Å². The van der Waals surface area contributed by atoms with E-state index in [1.165, 1.54) is 5.56 Å². The molecular formula is C16H19ClN4OS. The lowest BCUT2D eigenvalue weighted by molar-refractivity contribution is 0.300. The quantitative estimate of drug-likeness (QED) is 0.549. The van der Waals surface area contributed by atoms with Crippen LogP contribution in [0.25, 0.3) is 0 Å². The molecule has 23 heavy (non-hydrogen) atoms. The molecule has 0 amide bonds. The molecule has 3 N–H and O–H groups in total. The summed E-state index contributed by atoms with van der Waals surface area (Å²) in [6.45, 7) is 4.54. The Morgan fingerprint density at radius 1 is 1.30 bits per heavy atom. The molecule has 1 heterocycles. The minimum Gasteiger partial charge on any atom is -0.395 e. The number of rotatable bonds is 6. The number of aryl methyl sites for hydroxylation is 1. The molecule has 2 aromatic rings. The first-order valence-electron chi connectivity index (χ1n) is 7.24. The van der Waals surface area contributed by atoms with E-state index in [-0.39, 0.29) is 6.61 Å². The zero-order chi connectivity index (χ0) is 16.8. The fourth-order valence-electron chi connectivity index (χ4n) is 2.03. The summed E-state index contributed by atoms with van der Waals surface area (Å²) < 4.78 is 0. The van der Waals surface area contributed by atoms with Gasteiger partial charge in [0.1, 0.15) is 16.8 Å². The Morgan fingerprint density at radius 2 is 2.09 bits per heavy atom. The summed E-state index contributed by atoms with van der Waals surface area (Å²) in [7, 11) is 0. The van der Waals surface area contributed by atoms with E-state index in [0.717, 1.165) is 11.3 Å². The Balaban J connectivity index is 2.17. The molecule has 0 spiro atoms. The van der Waals surface area contributed by atoms with Crippen LogP contribution in [0.15, 0.2) is 24.3 Å². The van der Waals surface area contributed by atoms with Gasteiger partial charge in [-0.25, -0.2) is 9.97 Å². The van der Waals surface area contributed by atoms with Crippen molar-refractivity contribution in [2.24, 2.45) is 0 Å². The Kier molecular flexibility index (Phi) is 6.27. The minimum atomic E-state index is 0.0238. The van der Waals surface area contributed by atoms with Gasteiger partial charge in [-0.3, -0.25) is 0 Å². The molecule has 0 saturated carbocycles. The number of anilines is 2. The van der Waals surface area contributed by atoms with Gasteiger partial charge in [-0.05, 0) is 31.0 Å². The summed E-state index contributed by atoms with van der Waals surface area (Å²) in [6.07, 6.45) is 0.372. The predicted octanol–water partition coefficient (Wildman–Crippen LogP) is 2.94. The smallest absolute Gasteiger partial charge is 0.139 e. The third kappa shape index (κ3) is 5.13. The monoisotopic (exact) mass is 350 g/mol. The molecule has 5 nitrogen and oxygen atoms in total. The third-order valence-corrected chi connectivity index (χ3v) is 3.84. The molecule has 122 valence electrons. The average Bonchev–Trinajstić information content (AvgIpc) is 2.49. The van der Waals surface area contributed by atoms with Crippen LogP contribution >= 0.6 is 23.8 Å². The fraction of sp³-hybridized carbons (Fsp3) is 0.312. The Bertz CT molecular complexity index is 708. The van der Waals surface area contributed by atoms with E-state index in [1.807, 2.05) is 12.1 Å². The summed E-state index contributed by atoms with van der Waals surface area (Å²) in [5, 5.41) is 15.3. The second-order valence-electron chi connectivity index (χ2n) is 5.11. The standard InChI is InChI=1S/C16H19ClN4OS/c1-10-4-3-5-12(11(10)2)19-14-8-13(17)20-15(21-14)9-16(23)18-6-7-22/h3-5,8,22H,6-7,9H2,1-2H3,(H,18,23)(H,19,20,21). The van der Waals surface area contributed by atoms with E-state index in [4.69, 9.17) is 28.9 Å². The third-order valence-electron chi connectivity index (χ3n) is 3.36. The predicted molar refractivity (Wildman–Crippen MR) is 97.6 cm³/mol. The van der Waals surface area contributed by atoms with Crippen molar-refractivity contribution in [3.8, 4) is 0 Å². The van der Waals surface area contributed by atoms with Crippen molar-refractivity contribution in [2.75, 3.05) is 18.5 Å². The number of nitrogens with one attached hydrogen (secondary N) is 2. The number of aliphatic hydroxyl groups is 1. The maximum Gasteiger partial charge on any atom is 0.139 e. The number of nitrogens with zero attached hydrogens (tertiary/aromatic N) is 2. The average molecular weight is 351 g/mol. The molecule has 0 fully saturated rings. The molecule has 2 rings (SSSR count). The highest BCUT2D eigenvalue weighted by molar-refractivity contribution is 7.80. The summed E-state index contributed by atoms with van der Waals surface area (Å²) >= 11 is 11.3. The normalized spacial score (nSPS) is 10.4. The molecule has 1 aromatic heterocycles. The van der Waals surface area contributed by atoms with E-state index in [9.17, 15) is 0 Å². The summed E-state index contributed by atoms with van der Waals surface area (Å²) in [5.74, 6) is 1.15. The molecule has 7 heteroatoms. The number of aliphatic hydroxyl groups excluding tert-OH is 1. The SMILES string of the molecule is Cc1cccc(Nc2cc(Cl)nc(CC(=S)NCCO)n2)c1C. The number of hydrogen-bond donors (Lipinski definition) is 3. The maximum absolute atomic E-state index is 8.80. The van der Waals surface area contributed by atoms with Gasteiger partial charge in [0.05, 0.1) is 18.0 Å². The lowest BCUT2D eigenvalue weighted by Crippen LogP contribution is -2.27. The van der Waals surface area contributed by atoms with Crippen LogP contribution in [-0.4, -0.2) is 33.2 Å². The van der Waals surface area contributed by atoms with Gasteiger partial charge in [0, 0.05) is 18.3 Å². The fourth-order valence-corrected chi connectivity index (χ4v) is 2.47. The van der Waals surface area contributed by atoms with Gasteiger partial charge < -0.3 is 15.7 Å². The van der Waals surface area contributed by atoms with E-state index < -0.39 is 0 Å². The highest BCUT2D eigenvalue weighted by atomic mass is 35.5. The first-order valence-corrected chi connectivity index (χ1v) is 8.02. The van der Waals surface area contributed by atoms with E-state index >= 15 is 0 Å². The van der Waals surface area contributed by atoms with Crippen molar-refractivity contribution in [1.82, 2.24) is 15.3 Å². The van der Waals surface area contributed by atoms with Crippen LogP contribution in [0, 0.1) is 13.8 Å². The van der Waals surface area contributed by atoms with Crippen molar-refractivity contribution >= 4 is 40.3 Å². The summed E-state index contributed by atoms with van der Waals surface area (Å²) in [5.41, 5.74) is 3.33. The van der Waals surface area contributed by atoms with Crippen LogP contribution in [0.1, 0.15) is 17.0 Å². The lowest BCUT2D eigenvalue weighted by atomic mass is 10.1. The molecule has 1 aromatic carbocycles. The molecule has 0 radical (unpaired) electrons. The lowest BCUT2D eigenvalue weighted by Gasteiger charge is -2.12. The van der Waals surface area contributed by atoms with Gasteiger partial charge in [-0.1, -0.05) is 36.0 Å². The van der Waals surface area contributed by atoms with Crippen molar-refractivity contribution < 1.29 is 5.11 Å². The topological polar surface area (TPSA) is 70.1 Å². The number of aromatic nitrogens is 2. The van der Waals surface area contributed by atoms with Gasteiger partial charge in [-0.15, -0.1) is 0 Å². The number of benzene rings is 1. The van der Waals surface area contributed by atoms with Crippen LogP contribution in [0.4, 0.5) is 11.5 Å². The van der Waals surface area contributed by atoms with Crippen molar-refractivity contribution in [2.45, 2.75) is 20.3 Å². The molecule has 0 bridgehead atoms. The maximum atomic E-state index is 8.80. The Hall–Kier alpha value is -1.76. The number of halogens is 1. The van der Waals surface area contributed by atoms with Crippen LogP contribution < -0.4 is 10.6 Å². The minimum absolute atomic E-state index is 0.0238. The van der Waals surface area contributed by atoms with Gasteiger partial charge in [-0.2, -0.15) is 0 Å². The van der Waals surface area contributed by atoms with Gasteiger partial charge in [0.2, 0.25) is 0 Å². The molecule has 0 atom stereocenters. The second kappa shape index (κ2) is 8.19. The van der Waals surface area contributed by atoms with Crippen molar-refractivity contribution in [3.05, 3.63) is 46.4 Å². The van der Waals surface area contributed by atoms with Crippen LogP contribution in [0.2, 0.25) is 5.15 Å². The molecule has 0 aliphatic rings. The molecule has 0 unspecified atom stereocenters. The van der Waals surface area contributed by atoms with Crippen LogP contribution in [-0.2, 0) is 6.42 Å². The first-order chi connectivity index (χ1) is 11.0. The first kappa shape index (κ1) is 17.6. The second-order valence-corrected chi connectivity index (χ2v) is 5.99. The van der Waals surface area contributed by atoms with Gasteiger partial charge in [0.15, 0.2) is 0 Å². The van der Waals surface area contributed by atoms with Crippen molar-refractivity contribution in [3.63, 3.8) is 0 Å². The van der Waals surface area contributed by atoms with E-state index in [2.05, 4.69) is 40.5 Å². The molecule has 0 saturated heterocycles. The highest BCUT2D eigenvalue weighted by Crippen LogP contribution is 2.23. The summed E-state index contributed by atoms with van der Waals surface area (Å²) in [6, 6.07) is 7.72. The zero-order valence-electron chi connectivity index (χ0n) is 13.1. The largest absolute Gasteiger partial charge is 0.395 e. The highest BCUT2D eigenvalue weighted by Gasteiger charge is 2.08.